The number of unbranched alkanes of at least 4 members (excludes halogenated alkanes) is 1. The van der Waals surface area contributed by atoms with Gasteiger partial charge in [-0.3, -0.25) is 9.59 Å². The molecule has 105 valence electrons. The Balaban J connectivity index is 2.36. The summed E-state index contributed by atoms with van der Waals surface area (Å²) < 4.78 is 0. The predicted octanol–water partition coefficient (Wildman–Crippen LogP) is -0.997. The third kappa shape index (κ3) is 5.62. The van der Waals surface area contributed by atoms with Crippen LogP contribution in [0.1, 0.15) is 25.0 Å². The van der Waals surface area contributed by atoms with Gasteiger partial charge >= 0.3 is 0 Å². The van der Waals surface area contributed by atoms with Crippen LogP contribution in [0.2, 0.25) is 0 Å². The summed E-state index contributed by atoms with van der Waals surface area (Å²) in [5.74, 6) is -0.371. The normalized spacial score (nSPS) is 13.8. The van der Waals surface area contributed by atoms with E-state index in [0.29, 0.717) is 25.1 Å². The van der Waals surface area contributed by atoms with Gasteiger partial charge in [-0.05, 0) is 25.8 Å². The predicted molar refractivity (Wildman–Crippen MR) is 70.8 cm³/mol. The van der Waals surface area contributed by atoms with Crippen molar-refractivity contribution in [1.29, 1.82) is 0 Å². The molecule has 1 aromatic rings. The first-order chi connectivity index (χ1) is 9.17. The van der Waals surface area contributed by atoms with Crippen molar-refractivity contribution in [2.24, 2.45) is 11.5 Å². The van der Waals surface area contributed by atoms with E-state index < -0.39 is 12.1 Å². The molecule has 6 N–H and O–H groups in total. The Bertz CT molecular complexity index is 379. The number of rotatable bonds is 9. The zero-order chi connectivity index (χ0) is 14.1. The molecule has 0 aliphatic rings. The lowest BCUT2D eigenvalue weighted by atomic mass is 10.1. The minimum atomic E-state index is -0.728. The van der Waals surface area contributed by atoms with Crippen molar-refractivity contribution in [3.05, 3.63) is 18.2 Å². The van der Waals surface area contributed by atoms with Gasteiger partial charge in [0.15, 0.2) is 0 Å². The molecule has 2 unspecified atom stereocenters. The van der Waals surface area contributed by atoms with Crippen molar-refractivity contribution in [3.8, 4) is 0 Å². The monoisotopic (exact) mass is 266 g/mol. The fraction of sp³-hybridized carbons (Fsp3) is 0.583. The van der Waals surface area contributed by atoms with Crippen molar-refractivity contribution in [3.63, 3.8) is 0 Å². The number of amides is 1. The molecule has 0 saturated heterocycles. The summed E-state index contributed by atoms with van der Waals surface area (Å²) >= 11 is 0. The maximum absolute atomic E-state index is 11.8. The molecule has 2 atom stereocenters. The van der Waals surface area contributed by atoms with E-state index >= 15 is 0 Å². The SMILES string of the molecule is NCCCCC([C]=O)NC(=O)C(N)Cc1c[nH]cn1. The zero-order valence-corrected chi connectivity index (χ0v) is 10.8. The Kier molecular flexibility index (Phi) is 6.76. The second-order valence-electron chi connectivity index (χ2n) is 4.33. The van der Waals surface area contributed by atoms with Gasteiger partial charge in [0.05, 0.1) is 24.1 Å². The van der Waals surface area contributed by atoms with E-state index in [-0.39, 0.29) is 5.91 Å². The topological polar surface area (TPSA) is 127 Å². The van der Waals surface area contributed by atoms with Crippen LogP contribution in [0.5, 0.6) is 0 Å². The molecular weight excluding hydrogens is 246 g/mol. The van der Waals surface area contributed by atoms with Gasteiger partial charge in [-0.1, -0.05) is 0 Å². The number of hydrogen-bond acceptors (Lipinski definition) is 5. The molecule has 0 bridgehead atoms. The van der Waals surface area contributed by atoms with Gasteiger partial charge in [-0.15, -0.1) is 0 Å². The second-order valence-corrected chi connectivity index (χ2v) is 4.33. The van der Waals surface area contributed by atoms with Gasteiger partial charge in [0.1, 0.15) is 0 Å². The first-order valence-electron chi connectivity index (χ1n) is 6.28. The highest BCUT2D eigenvalue weighted by molar-refractivity contribution is 5.84. The van der Waals surface area contributed by atoms with Crippen molar-refractivity contribution in [1.82, 2.24) is 15.3 Å². The standard InChI is InChI=1S/C12H20N5O2/c13-4-2-1-3-9(7-18)17-12(19)11(14)5-10-6-15-8-16-10/h6,8-9,11H,1-5,13-14H2,(H,15,16)(H,17,19). The number of hydrogen-bond donors (Lipinski definition) is 4. The van der Waals surface area contributed by atoms with Gasteiger partial charge in [0, 0.05) is 12.6 Å². The summed E-state index contributed by atoms with van der Waals surface area (Å²) in [7, 11) is 0. The average Bonchev–Trinajstić information content (AvgIpc) is 2.90. The molecule has 7 nitrogen and oxygen atoms in total. The molecule has 0 aromatic carbocycles. The fourth-order valence-corrected chi connectivity index (χ4v) is 1.65. The molecule has 0 spiro atoms. The Labute approximate surface area is 112 Å². The van der Waals surface area contributed by atoms with Crippen LogP contribution in [0.4, 0.5) is 0 Å². The van der Waals surface area contributed by atoms with Crippen LogP contribution in [-0.4, -0.2) is 40.8 Å². The first-order valence-corrected chi connectivity index (χ1v) is 6.28. The van der Waals surface area contributed by atoms with Gasteiger partial charge in [0.25, 0.3) is 0 Å². The van der Waals surface area contributed by atoms with Crippen LogP contribution in [0.25, 0.3) is 0 Å². The highest BCUT2D eigenvalue weighted by Crippen LogP contribution is 2.00. The van der Waals surface area contributed by atoms with Crippen LogP contribution in [0.3, 0.4) is 0 Å². The lowest BCUT2D eigenvalue weighted by Crippen LogP contribution is -2.47. The highest BCUT2D eigenvalue weighted by atomic mass is 16.2. The van der Waals surface area contributed by atoms with E-state index in [4.69, 9.17) is 11.5 Å². The number of aromatic nitrogens is 2. The molecule has 0 saturated carbocycles. The number of nitrogens with two attached hydrogens (primary N) is 2. The quantitative estimate of drug-likeness (QED) is 0.426. The lowest BCUT2D eigenvalue weighted by Gasteiger charge is -2.15. The number of carbonyl (C=O) groups is 1. The van der Waals surface area contributed by atoms with Crippen LogP contribution < -0.4 is 16.8 Å². The summed E-state index contributed by atoms with van der Waals surface area (Å²) in [5, 5.41) is 2.57. The van der Waals surface area contributed by atoms with Gasteiger partial charge in [-0.25, -0.2) is 4.98 Å². The first kappa shape index (κ1) is 15.3. The number of nitrogens with one attached hydrogen (secondary N) is 2. The van der Waals surface area contributed by atoms with Crippen LogP contribution in [-0.2, 0) is 16.0 Å². The van der Waals surface area contributed by atoms with E-state index in [0.717, 1.165) is 12.8 Å². The Morgan fingerprint density at radius 3 is 2.89 bits per heavy atom. The molecule has 19 heavy (non-hydrogen) atoms. The Morgan fingerprint density at radius 1 is 1.53 bits per heavy atom. The third-order valence-electron chi connectivity index (χ3n) is 2.73. The van der Waals surface area contributed by atoms with E-state index in [1.807, 2.05) is 0 Å². The number of aromatic amines is 1. The van der Waals surface area contributed by atoms with Crippen LogP contribution in [0, 0.1) is 0 Å². The minimum absolute atomic E-state index is 0.323. The minimum Gasteiger partial charge on any atom is -0.351 e. The molecule has 1 radical (unpaired) electrons. The molecule has 1 heterocycles. The van der Waals surface area contributed by atoms with E-state index in [9.17, 15) is 9.59 Å². The van der Waals surface area contributed by atoms with Gasteiger partial charge < -0.3 is 21.8 Å². The van der Waals surface area contributed by atoms with Crippen molar-refractivity contribution in [2.45, 2.75) is 37.8 Å². The molecule has 0 aliphatic carbocycles. The fourth-order valence-electron chi connectivity index (χ4n) is 1.65. The van der Waals surface area contributed by atoms with E-state index in [1.165, 1.54) is 6.33 Å². The van der Waals surface area contributed by atoms with Crippen molar-refractivity contribution in [2.75, 3.05) is 6.54 Å². The number of nitrogens with zero attached hydrogens (tertiary/aromatic N) is 1. The molecule has 1 aromatic heterocycles. The Hall–Kier alpha value is -1.73. The van der Waals surface area contributed by atoms with Gasteiger partial charge in [-0.2, -0.15) is 0 Å². The number of carbonyl (C=O) groups excluding carboxylic acids is 2. The van der Waals surface area contributed by atoms with Gasteiger partial charge in [0.2, 0.25) is 12.2 Å². The average molecular weight is 266 g/mol. The third-order valence-corrected chi connectivity index (χ3v) is 2.73. The van der Waals surface area contributed by atoms with Crippen molar-refractivity contribution >= 4 is 12.2 Å². The van der Waals surface area contributed by atoms with Crippen LogP contribution >= 0.6 is 0 Å². The molecule has 1 rings (SSSR count). The zero-order valence-electron chi connectivity index (χ0n) is 10.8. The molecular formula is C12H20N5O2. The smallest absolute Gasteiger partial charge is 0.237 e. The van der Waals surface area contributed by atoms with Crippen LogP contribution in [0.15, 0.2) is 12.5 Å². The summed E-state index contributed by atoms with van der Waals surface area (Å²) in [6.45, 7) is 0.568. The maximum Gasteiger partial charge on any atom is 0.237 e. The summed E-state index contributed by atoms with van der Waals surface area (Å²) in [5.41, 5.74) is 11.8. The molecule has 0 aliphatic heterocycles. The number of H-pyrrole nitrogens is 1. The molecule has 0 fully saturated rings. The number of imidazole rings is 1. The molecule has 1 amide bonds. The highest BCUT2D eigenvalue weighted by Gasteiger charge is 2.19. The van der Waals surface area contributed by atoms with Crippen molar-refractivity contribution < 1.29 is 9.59 Å². The van der Waals surface area contributed by atoms with E-state index in [1.54, 1.807) is 12.5 Å². The Morgan fingerprint density at radius 2 is 2.32 bits per heavy atom. The van der Waals surface area contributed by atoms with E-state index in [2.05, 4.69) is 15.3 Å². The summed E-state index contributed by atoms with van der Waals surface area (Å²) in [6, 6.07) is -1.35. The summed E-state index contributed by atoms with van der Waals surface area (Å²) in [4.78, 5) is 29.3. The second kappa shape index (κ2) is 8.39. The molecule has 7 heteroatoms. The lowest BCUT2D eigenvalue weighted by molar-refractivity contribution is -0.122. The largest absolute Gasteiger partial charge is 0.351 e. The summed E-state index contributed by atoms with van der Waals surface area (Å²) in [6.07, 6.45) is 7.44. The maximum atomic E-state index is 11.8.